The SMILES string of the molecule is CCCCCC/C=C(/O)[C@]1(OC)CC(C/C=C\CCCCOC(=O)C(C)(C)C)[C@@H](O)C1. The number of aliphatic hydroxyl groups is 2. The van der Waals surface area contributed by atoms with Crippen LogP contribution >= 0.6 is 0 Å². The van der Waals surface area contributed by atoms with Crippen LogP contribution in [0.4, 0.5) is 0 Å². The molecule has 0 heterocycles. The van der Waals surface area contributed by atoms with Gasteiger partial charge in [-0.2, -0.15) is 0 Å². The zero-order valence-corrected chi connectivity index (χ0v) is 20.5. The van der Waals surface area contributed by atoms with Crippen molar-refractivity contribution in [2.45, 2.75) is 110 Å². The standard InChI is InChI=1S/C26H46O5/c1-6-7-8-10-14-17-23(28)26(30-5)19-21(22(27)20-26)16-13-11-9-12-15-18-31-24(29)25(2,3)4/h11,13,17,21-22,27-28H,6-10,12,14-16,18-20H2,1-5H3/b13-11-,23-17+/t21?,22-,26-/m0/s1. The van der Waals surface area contributed by atoms with Gasteiger partial charge in [0.15, 0.2) is 0 Å². The average Bonchev–Trinajstić information content (AvgIpc) is 3.05. The fourth-order valence-electron chi connectivity index (χ4n) is 4.00. The molecule has 0 aromatic heterocycles. The Morgan fingerprint density at radius 2 is 1.77 bits per heavy atom. The monoisotopic (exact) mass is 438 g/mol. The molecule has 0 radical (unpaired) electrons. The minimum Gasteiger partial charge on any atom is -0.510 e. The molecular formula is C26H46O5. The molecule has 1 aliphatic carbocycles. The van der Waals surface area contributed by atoms with Crippen molar-refractivity contribution in [2.75, 3.05) is 13.7 Å². The fourth-order valence-corrected chi connectivity index (χ4v) is 4.00. The molecule has 180 valence electrons. The van der Waals surface area contributed by atoms with Gasteiger partial charge < -0.3 is 19.7 Å². The Morgan fingerprint density at radius 1 is 1.06 bits per heavy atom. The van der Waals surface area contributed by atoms with Gasteiger partial charge >= 0.3 is 5.97 Å². The van der Waals surface area contributed by atoms with Gasteiger partial charge in [0, 0.05) is 13.5 Å². The first-order valence-electron chi connectivity index (χ1n) is 12.1. The van der Waals surface area contributed by atoms with E-state index in [0.717, 1.165) is 38.5 Å². The van der Waals surface area contributed by atoms with Crippen molar-refractivity contribution in [3.8, 4) is 0 Å². The van der Waals surface area contributed by atoms with Gasteiger partial charge in [-0.1, -0.05) is 38.3 Å². The summed E-state index contributed by atoms with van der Waals surface area (Å²) in [7, 11) is 1.62. The summed E-state index contributed by atoms with van der Waals surface area (Å²) in [5.74, 6) is 0.208. The van der Waals surface area contributed by atoms with Gasteiger partial charge in [-0.3, -0.25) is 4.79 Å². The number of unbranched alkanes of at least 4 members (excludes halogenated alkanes) is 6. The van der Waals surface area contributed by atoms with E-state index in [1.165, 1.54) is 19.3 Å². The third-order valence-electron chi connectivity index (χ3n) is 6.14. The molecule has 2 N–H and O–H groups in total. The van der Waals surface area contributed by atoms with Crippen LogP contribution in [0.3, 0.4) is 0 Å². The number of hydrogen-bond donors (Lipinski definition) is 2. The maximum absolute atomic E-state index is 11.7. The lowest BCUT2D eigenvalue weighted by Gasteiger charge is -2.27. The normalized spacial score (nSPS) is 24.8. The van der Waals surface area contributed by atoms with Crippen LogP contribution in [0.5, 0.6) is 0 Å². The Kier molecular flexibility index (Phi) is 12.5. The smallest absolute Gasteiger partial charge is 0.311 e. The highest BCUT2D eigenvalue weighted by atomic mass is 16.5. The van der Waals surface area contributed by atoms with E-state index in [2.05, 4.69) is 19.1 Å². The second-order valence-electron chi connectivity index (χ2n) is 9.96. The Bertz CT molecular complexity index is 575. The Hall–Kier alpha value is -1.33. The Labute approximate surface area is 189 Å². The molecule has 0 amide bonds. The summed E-state index contributed by atoms with van der Waals surface area (Å²) in [5, 5.41) is 21.2. The van der Waals surface area contributed by atoms with Gasteiger partial charge in [0.25, 0.3) is 0 Å². The van der Waals surface area contributed by atoms with E-state index in [1.807, 2.05) is 26.8 Å². The molecule has 0 saturated heterocycles. The fraction of sp³-hybridized carbons (Fsp3) is 0.808. The summed E-state index contributed by atoms with van der Waals surface area (Å²) in [6.07, 6.45) is 15.8. The first-order valence-corrected chi connectivity index (χ1v) is 12.1. The maximum Gasteiger partial charge on any atom is 0.311 e. The number of carbonyl (C=O) groups excluding carboxylic acids is 1. The molecule has 1 aliphatic rings. The summed E-state index contributed by atoms with van der Waals surface area (Å²) in [6.45, 7) is 8.23. The number of ether oxygens (including phenoxy) is 2. The number of methoxy groups -OCH3 is 1. The molecule has 0 aromatic rings. The number of allylic oxidation sites excluding steroid dienone is 3. The molecule has 0 spiro atoms. The number of hydrogen-bond acceptors (Lipinski definition) is 5. The number of rotatable bonds is 14. The average molecular weight is 439 g/mol. The summed E-state index contributed by atoms with van der Waals surface area (Å²) in [6, 6.07) is 0. The molecule has 31 heavy (non-hydrogen) atoms. The van der Waals surface area contributed by atoms with Crippen molar-refractivity contribution in [3.05, 3.63) is 24.0 Å². The highest BCUT2D eigenvalue weighted by Gasteiger charge is 2.47. The molecule has 1 saturated carbocycles. The lowest BCUT2D eigenvalue weighted by molar-refractivity contribution is -0.153. The largest absolute Gasteiger partial charge is 0.510 e. The highest BCUT2D eigenvalue weighted by Crippen LogP contribution is 2.43. The summed E-state index contributed by atoms with van der Waals surface area (Å²) < 4.78 is 11.0. The van der Waals surface area contributed by atoms with Crippen molar-refractivity contribution < 1.29 is 24.5 Å². The second-order valence-corrected chi connectivity index (χ2v) is 9.96. The van der Waals surface area contributed by atoms with Crippen molar-refractivity contribution in [1.29, 1.82) is 0 Å². The molecule has 1 fully saturated rings. The van der Waals surface area contributed by atoms with E-state index in [0.29, 0.717) is 19.4 Å². The summed E-state index contributed by atoms with van der Waals surface area (Å²) in [4.78, 5) is 11.7. The molecule has 0 aromatic carbocycles. The van der Waals surface area contributed by atoms with Gasteiger partial charge in [0.1, 0.15) is 11.4 Å². The third-order valence-corrected chi connectivity index (χ3v) is 6.14. The molecule has 5 heteroatoms. The van der Waals surface area contributed by atoms with E-state index in [1.54, 1.807) is 7.11 Å². The van der Waals surface area contributed by atoms with Gasteiger partial charge in [0.05, 0.1) is 18.1 Å². The predicted molar refractivity (Wildman–Crippen MR) is 126 cm³/mol. The number of carbonyl (C=O) groups is 1. The first-order chi connectivity index (χ1) is 14.7. The van der Waals surface area contributed by atoms with E-state index < -0.39 is 17.1 Å². The zero-order valence-electron chi connectivity index (χ0n) is 20.5. The quantitative estimate of drug-likeness (QED) is 0.145. The van der Waals surface area contributed by atoms with Crippen LogP contribution in [0.15, 0.2) is 24.0 Å². The first kappa shape index (κ1) is 27.7. The Balaban J connectivity index is 2.36. The molecular weight excluding hydrogens is 392 g/mol. The Morgan fingerprint density at radius 3 is 2.42 bits per heavy atom. The van der Waals surface area contributed by atoms with Crippen LogP contribution in [-0.4, -0.2) is 41.6 Å². The number of esters is 1. The highest BCUT2D eigenvalue weighted by molar-refractivity contribution is 5.75. The van der Waals surface area contributed by atoms with Crippen molar-refractivity contribution in [1.82, 2.24) is 0 Å². The van der Waals surface area contributed by atoms with E-state index >= 15 is 0 Å². The van der Waals surface area contributed by atoms with Gasteiger partial charge in [-0.05, 0) is 77.7 Å². The van der Waals surface area contributed by atoms with Crippen LogP contribution in [0.2, 0.25) is 0 Å². The molecule has 1 unspecified atom stereocenters. The summed E-state index contributed by atoms with van der Waals surface area (Å²) in [5.41, 5.74) is -1.20. The lowest BCUT2D eigenvalue weighted by Crippen LogP contribution is -2.31. The maximum atomic E-state index is 11.7. The van der Waals surface area contributed by atoms with E-state index in [-0.39, 0.29) is 17.6 Å². The molecule has 3 atom stereocenters. The van der Waals surface area contributed by atoms with Gasteiger partial charge in [-0.15, -0.1) is 0 Å². The van der Waals surface area contributed by atoms with Crippen molar-refractivity contribution in [2.24, 2.45) is 11.3 Å². The van der Waals surface area contributed by atoms with Crippen LogP contribution in [0, 0.1) is 11.3 Å². The molecule has 0 aliphatic heterocycles. The third kappa shape index (κ3) is 9.78. The van der Waals surface area contributed by atoms with E-state index in [4.69, 9.17) is 9.47 Å². The molecule has 0 bridgehead atoms. The lowest BCUT2D eigenvalue weighted by atomic mass is 9.94. The van der Waals surface area contributed by atoms with E-state index in [9.17, 15) is 15.0 Å². The van der Waals surface area contributed by atoms with Crippen LogP contribution < -0.4 is 0 Å². The summed E-state index contributed by atoms with van der Waals surface area (Å²) >= 11 is 0. The molecule has 1 rings (SSSR count). The minimum atomic E-state index is -0.750. The zero-order chi connectivity index (χ0) is 23.3. The van der Waals surface area contributed by atoms with Gasteiger partial charge in [0.2, 0.25) is 0 Å². The van der Waals surface area contributed by atoms with Crippen LogP contribution in [-0.2, 0) is 14.3 Å². The predicted octanol–water partition coefficient (Wildman–Crippen LogP) is 6.26. The molecule has 5 nitrogen and oxygen atoms in total. The second kappa shape index (κ2) is 13.9. The van der Waals surface area contributed by atoms with Crippen LogP contribution in [0.1, 0.15) is 98.3 Å². The minimum absolute atomic E-state index is 0.0829. The number of aliphatic hydroxyl groups excluding tert-OH is 2. The topological polar surface area (TPSA) is 76.0 Å². The van der Waals surface area contributed by atoms with Crippen LogP contribution in [0.25, 0.3) is 0 Å². The van der Waals surface area contributed by atoms with Gasteiger partial charge in [-0.25, -0.2) is 0 Å². The van der Waals surface area contributed by atoms with Crippen molar-refractivity contribution in [3.63, 3.8) is 0 Å². The van der Waals surface area contributed by atoms with Crippen molar-refractivity contribution >= 4 is 5.97 Å².